The molecule has 2 heterocycles. The summed E-state index contributed by atoms with van der Waals surface area (Å²) in [4.78, 5) is 13.5. The van der Waals surface area contributed by atoms with Crippen molar-refractivity contribution in [1.82, 2.24) is 15.0 Å². The van der Waals surface area contributed by atoms with E-state index in [1.807, 2.05) is 36.4 Å². The fourth-order valence-electron chi connectivity index (χ4n) is 3.12. The molecule has 144 valence electrons. The highest BCUT2D eigenvalue weighted by Gasteiger charge is 2.09. The van der Waals surface area contributed by atoms with Gasteiger partial charge in [0.15, 0.2) is 0 Å². The maximum Gasteiger partial charge on any atom is 0.229 e. The number of rotatable bonds is 6. The molecule has 0 aliphatic rings. The Bertz CT molecular complexity index is 1090. The molecule has 0 radical (unpaired) electrons. The van der Waals surface area contributed by atoms with Crippen molar-refractivity contribution in [3.8, 4) is 11.3 Å². The van der Waals surface area contributed by atoms with E-state index in [0.717, 1.165) is 33.9 Å². The van der Waals surface area contributed by atoms with Gasteiger partial charge in [-0.2, -0.15) is 4.98 Å². The van der Waals surface area contributed by atoms with Gasteiger partial charge >= 0.3 is 0 Å². The highest BCUT2D eigenvalue weighted by molar-refractivity contribution is 5.67. The van der Waals surface area contributed by atoms with E-state index < -0.39 is 0 Å². The van der Waals surface area contributed by atoms with Gasteiger partial charge in [-0.25, -0.2) is 4.98 Å². The third kappa shape index (κ3) is 4.76. The number of hydrogen-bond acceptors (Lipinski definition) is 5. The zero-order valence-electron chi connectivity index (χ0n) is 16.6. The maximum absolute atomic E-state index is 4.75. The fourth-order valence-corrected chi connectivity index (χ4v) is 3.12. The summed E-state index contributed by atoms with van der Waals surface area (Å²) in [6.07, 6.45) is 3.58. The van der Waals surface area contributed by atoms with Crippen LogP contribution in [0.2, 0.25) is 0 Å². The second kappa shape index (κ2) is 8.52. The molecule has 4 rings (SSSR count). The lowest BCUT2D eigenvalue weighted by Gasteiger charge is -2.13. The number of anilines is 3. The summed E-state index contributed by atoms with van der Waals surface area (Å²) in [5.74, 6) is 1.33. The zero-order chi connectivity index (χ0) is 20.1. The van der Waals surface area contributed by atoms with Crippen LogP contribution in [0.3, 0.4) is 0 Å². The van der Waals surface area contributed by atoms with E-state index in [-0.39, 0.29) is 0 Å². The largest absolute Gasteiger partial charge is 0.366 e. The molecule has 2 aromatic carbocycles. The van der Waals surface area contributed by atoms with Gasteiger partial charge in [0, 0.05) is 36.3 Å². The molecule has 5 nitrogen and oxygen atoms in total. The van der Waals surface area contributed by atoms with Crippen molar-refractivity contribution in [1.29, 1.82) is 0 Å². The Morgan fingerprint density at radius 1 is 0.828 bits per heavy atom. The van der Waals surface area contributed by atoms with E-state index >= 15 is 0 Å². The predicted octanol–water partition coefficient (Wildman–Crippen LogP) is 5.51. The van der Waals surface area contributed by atoms with E-state index in [1.165, 1.54) is 5.56 Å². The van der Waals surface area contributed by atoms with Crippen LogP contribution in [0.4, 0.5) is 17.5 Å². The minimum Gasteiger partial charge on any atom is -0.366 e. The minimum absolute atomic E-state index is 0.565. The molecule has 2 N–H and O–H groups in total. The second-order valence-electron chi connectivity index (χ2n) is 6.98. The SMILES string of the molecule is Cc1ccc(Nc2nc(NCc3ccncc3)cc(-c3ccccc3)n2)c(C)c1. The summed E-state index contributed by atoms with van der Waals surface area (Å²) in [6.45, 7) is 4.83. The third-order valence-corrected chi connectivity index (χ3v) is 4.65. The van der Waals surface area contributed by atoms with Crippen molar-refractivity contribution in [2.45, 2.75) is 20.4 Å². The van der Waals surface area contributed by atoms with Crippen LogP contribution in [0.15, 0.2) is 79.1 Å². The predicted molar refractivity (Wildman–Crippen MR) is 118 cm³/mol. The van der Waals surface area contributed by atoms with E-state index in [9.17, 15) is 0 Å². The number of nitrogens with zero attached hydrogens (tertiary/aromatic N) is 3. The molecule has 0 amide bonds. The summed E-state index contributed by atoms with van der Waals surface area (Å²) in [6, 6.07) is 22.4. The minimum atomic E-state index is 0.565. The molecule has 0 aliphatic heterocycles. The number of aryl methyl sites for hydroxylation is 2. The molecule has 0 spiro atoms. The van der Waals surface area contributed by atoms with Crippen LogP contribution in [-0.4, -0.2) is 15.0 Å². The molecule has 5 heteroatoms. The molecule has 0 aliphatic carbocycles. The molecular weight excluding hydrogens is 358 g/mol. The van der Waals surface area contributed by atoms with Crippen molar-refractivity contribution in [2.75, 3.05) is 10.6 Å². The first-order valence-electron chi connectivity index (χ1n) is 9.59. The normalized spacial score (nSPS) is 10.6. The van der Waals surface area contributed by atoms with Gasteiger partial charge in [-0.05, 0) is 43.2 Å². The molecule has 2 aromatic heterocycles. The average Bonchev–Trinajstić information content (AvgIpc) is 2.75. The molecular formula is C24H23N5. The van der Waals surface area contributed by atoms with Gasteiger partial charge in [0.2, 0.25) is 5.95 Å². The molecule has 4 aromatic rings. The lowest BCUT2D eigenvalue weighted by atomic mass is 10.1. The third-order valence-electron chi connectivity index (χ3n) is 4.65. The van der Waals surface area contributed by atoms with Gasteiger partial charge in [0.25, 0.3) is 0 Å². The van der Waals surface area contributed by atoms with Crippen molar-refractivity contribution in [2.24, 2.45) is 0 Å². The van der Waals surface area contributed by atoms with Crippen LogP contribution in [0, 0.1) is 13.8 Å². The van der Waals surface area contributed by atoms with E-state index in [2.05, 4.69) is 64.8 Å². The Labute approximate surface area is 170 Å². The lowest BCUT2D eigenvalue weighted by molar-refractivity contribution is 1.08. The summed E-state index contributed by atoms with van der Waals surface area (Å²) in [7, 11) is 0. The van der Waals surface area contributed by atoms with Crippen molar-refractivity contribution in [3.63, 3.8) is 0 Å². The summed E-state index contributed by atoms with van der Waals surface area (Å²) in [5.41, 5.74) is 6.44. The Morgan fingerprint density at radius 2 is 1.62 bits per heavy atom. The van der Waals surface area contributed by atoms with Gasteiger partial charge in [0.1, 0.15) is 5.82 Å². The van der Waals surface area contributed by atoms with E-state index in [4.69, 9.17) is 4.98 Å². The molecule has 0 fully saturated rings. The smallest absolute Gasteiger partial charge is 0.229 e. The molecule has 0 bridgehead atoms. The average molecular weight is 381 g/mol. The van der Waals surface area contributed by atoms with E-state index in [0.29, 0.717) is 12.5 Å². The number of benzene rings is 2. The van der Waals surface area contributed by atoms with Crippen LogP contribution in [0.5, 0.6) is 0 Å². The standard InChI is InChI=1S/C24H23N5/c1-17-8-9-21(18(2)14-17)27-24-28-22(20-6-4-3-5-7-20)15-23(29-24)26-16-19-10-12-25-13-11-19/h3-15H,16H2,1-2H3,(H2,26,27,28,29). The Hall–Kier alpha value is -3.73. The monoisotopic (exact) mass is 381 g/mol. The highest BCUT2D eigenvalue weighted by atomic mass is 15.1. The van der Waals surface area contributed by atoms with Crippen molar-refractivity contribution in [3.05, 3.63) is 95.8 Å². The zero-order valence-corrected chi connectivity index (χ0v) is 16.6. The quantitative estimate of drug-likeness (QED) is 0.461. The highest BCUT2D eigenvalue weighted by Crippen LogP contribution is 2.25. The lowest BCUT2D eigenvalue weighted by Crippen LogP contribution is -2.06. The summed E-state index contributed by atoms with van der Waals surface area (Å²) >= 11 is 0. The maximum atomic E-state index is 4.75. The Morgan fingerprint density at radius 3 is 2.38 bits per heavy atom. The van der Waals surface area contributed by atoms with Gasteiger partial charge in [-0.15, -0.1) is 0 Å². The van der Waals surface area contributed by atoms with Crippen LogP contribution in [0.25, 0.3) is 11.3 Å². The summed E-state index contributed by atoms with van der Waals surface area (Å²) < 4.78 is 0. The summed E-state index contributed by atoms with van der Waals surface area (Å²) in [5, 5.41) is 6.78. The topological polar surface area (TPSA) is 62.7 Å². The van der Waals surface area contributed by atoms with Gasteiger partial charge in [0.05, 0.1) is 5.69 Å². The van der Waals surface area contributed by atoms with Crippen LogP contribution >= 0.6 is 0 Å². The van der Waals surface area contributed by atoms with E-state index in [1.54, 1.807) is 12.4 Å². The van der Waals surface area contributed by atoms with Crippen molar-refractivity contribution >= 4 is 17.5 Å². The first kappa shape index (κ1) is 18.6. The first-order chi connectivity index (χ1) is 14.2. The van der Waals surface area contributed by atoms with Crippen LogP contribution < -0.4 is 10.6 Å². The number of nitrogens with one attached hydrogen (secondary N) is 2. The molecule has 0 saturated carbocycles. The van der Waals surface area contributed by atoms with Gasteiger partial charge < -0.3 is 10.6 Å². The first-order valence-corrected chi connectivity index (χ1v) is 9.59. The Balaban J connectivity index is 1.66. The molecule has 0 atom stereocenters. The van der Waals surface area contributed by atoms with Crippen molar-refractivity contribution < 1.29 is 0 Å². The van der Waals surface area contributed by atoms with Gasteiger partial charge in [-0.3, -0.25) is 4.98 Å². The number of pyridine rings is 1. The second-order valence-corrected chi connectivity index (χ2v) is 6.98. The van der Waals surface area contributed by atoms with Crippen LogP contribution in [-0.2, 0) is 6.54 Å². The Kier molecular flexibility index (Phi) is 5.47. The number of hydrogen-bond donors (Lipinski definition) is 2. The number of aromatic nitrogens is 3. The van der Waals surface area contributed by atoms with Crippen LogP contribution in [0.1, 0.15) is 16.7 Å². The molecule has 0 saturated heterocycles. The molecule has 29 heavy (non-hydrogen) atoms. The fraction of sp³-hybridized carbons (Fsp3) is 0.125. The molecule has 0 unspecified atom stereocenters. The van der Waals surface area contributed by atoms with Gasteiger partial charge in [-0.1, -0.05) is 48.0 Å².